The molecule has 1 unspecified atom stereocenters. The van der Waals surface area contributed by atoms with E-state index in [1.165, 1.54) is 0 Å². The van der Waals surface area contributed by atoms with Crippen LogP contribution in [0, 0.1) is 5.92 Å². The van der Waals surface area contributed by atoms with Gasteiger partial charge in [-0.15, -0.1) is 11.3 Å². The molecule has 0 bridgehead atoms. The first-order valence-electron chi connectivity index (χ1n) is 8.37. The van der Waals surface area contributed by atoms with Crippen LogP contribution in [0.2, 0.25) is 0 Å². The summed E-state index contributed by atoms with van der Waals surface area (Å²) in [5, 5.41) is 14.8. The van der Waals surface area contributed by atoms with Crippen LogP contribution in [0.4, 0.5) is 0 Å². The number of ether oxygens (including phenoxy) is 1. The Bertz CT molecular complexity index is 819. The summed E-state index contributed by atoms with van der Waals surface area (Å²) >= 11 is 1.63. The first-order valence-corrected chi connectivity index (χ1v) is 9.25. The van der Waals surface area contributed by atoms with Crippen LogP contribution in [0.25, 0.3) is 6.08 Å². The highest BCUT2D eigenvalue weighted by Crippen LogP contribution is 2.39. The lowest BCUT2D eigenvalue weighted by molar-refractivity contribution is -0.119. The lowest BCUT2D eigenvalue weighted by atomic mass is 9.76. The lowest BCUT2D eigenvalue weighted by Gasteiger charge is -2.37. The zero-order valence-electron chi connectivity index (χ0n) is 13.6. The van der Waals surface area contributed by atoms with E-state index in [2.05, 4.69) is 5.32 Å². The highest BCUT2D eigenvalue weighted by atomic mass is 32.1. The van der Waals surface area contributed by atoms with Gasteiger partial charge in [-0.2, -0.15) is 0 Å². The molecule has 1 fully saturated rings. The van der Waals surface area contributed by atoms with Crippen molar-refractivity contribution >= 4 is 23.3 Å². The highest BCUT2D eigenvalue weighted by Gasteiger charge is 2.36. The van der Waals surface area contributed by atoms with E-state index in [4.69, 9.17) is 4.74 Å². The zero-order valence-corrected chi connectivity index (χ0v) is 14.4. The number of amides is 1. The average molecular weight is 353 g/mol. The van der Waals surface area contributed by atoms with Crippen LogP contribution >= 0.6 is 11.3 Å². The van der Waals surface area contributed by atoms with E-state index in [1.54, 1.807) is 23.7 Å². The molecule has 0 saturated heterocycles. The summed E-state index contributed by atoms with van der Waals surface area (Å²) in [4.78, 5) is 14.0. The number of nitrogens with one attached hydrogen (secondary N) is 1. The van der Waals surface area contributed by atoms with E-state index in [0.717, 1.165) is 29.0 Å². The van der Waals surface area contributed by atoms with E-state index in [9.17, 15) is 9.90 Å². The second kappa shape index (κ2) is 6.86. The zero-order chi connectivity index (χ0) is 17.2. The molecule has 4 rings (SSSR count). The quantitative estimate of drug-likeness (QED) is 0.882. The normalized spacial score (nSPS) is 22.7. The average Bonchev–Trinajstić information content (AvgIpc) is 3.03. The number of carbonyl (C=O) groups is 1. The van der Waals surface area contributed by atoms with E-state index < -0.39 is 0 Å². The first kappa shape index (κ1) is 16.1. The standard InChI is InChI=1S/C20H19NO3S/c22-16-11-15(12-16)19(18-6-3-9-25-18)21-20(23)14-7-8-24-17-5-2-1-4-13(17)10-14/h1-10,15-16,19,22H,11-12H2,(H,21,23). The van der Waals surface area contributed by atoms with Gasteiger partial charge in [-0.25, -0.2) is 0 Å². The summed E-state index contributed by atoms with van der Waals surface area (Å²) in [7, 11) is 0. The molecule has 25 heavy (non-hydrogen) atoms. The Balaban J connectivity index is 1.56. The van der Waals surface area contributed by atoms with Gasteiger partial charge in [-0.1, -0.05) is 24.3 Å². The number of carbonyl (C=O) groups excluding carboxylic acids is 1. The van der Waals surface area contributed by atoms with Gasteiger partial charge in [0.2, 0.25) is 0 Å². The molecule has 2 aromatic rings. The van der Waals surface area contributed by atoms with E-state index in [-0.39, 0.29) is 24.0 Å². The van der Waals surface area contributed by atoms with Crippen molar-refractivity contribution in [2.75, 3.05) is 0 Å². The van der Waals surface area contributed by atoms with Gasteiger partial charge in [-0.3, -0.25) is 4.79 Å². The molecular formula is C20H19NO3S. The Morgan fingerprint density at radius 3 is 2.84 bits per heavy atom. The van der Waals surface area contributed by atoms with Crippen molar-refractivity contribution in [3.63, 3.8) is 0 Å². The smallest absolute Gasteiger partial charge is 0.251 e. The summed E-state index contributed by atoms with van der Waals surface area (Å²) in [6, 6.07) is 11.6. The predicted octanol–water partition coefficient (Wildman–Crippen LogP) is 3.67. The van der Waals surface area contributed by atoms with E-state index in [1.807, 2.05) is 47.9 Å². The lowest BCUT2D eigenvalue weighted by Crippen LogP contribution is -2.41. The number of benzene rings is 1. The fraction of sp³-hybridized carbons (Fsp3) is 0.250. The van der Waals surface area contributed by atoms with Crippen LogP contribution in [-0.2, 0) is 4.79 Å². The van der Waals surface area contributed by atoms with Gasteiger partial charge in [0.25, 0.3) is 5.91 Å². The number of thiophene rings is 1. The van der Waals surface area contributed by atoms with Crippen molar-refractivity contribution < 1.29 is 14.6 Å². The van der Waals surface area contributed by atoms with Crippen LogP contribution in [0.5, 0.6) is 5.75 Å². The van der Waals surface area contributed by atoms with Crippen molar-refractivity contribution in [2.24, 2.45) is 5.92 Å². The minimum Gasteiger partial charge on any atom is -0.464 e. The minimum absolute atomic E-state index is 0.0652. The fourth-order valence-corrected chi connectivity index (χ4v) is 4.13. The molecule has 1 saturated carbocycles. The second-order valence-electron chi connectivity index (χ2n) is 6.41. The van der Waals surface area contributed by atoms with E-state index in [0.29, 0.717) is 5.57 Å². The summed E-state index contributed by atoms with van der Waals surface area (Å²) in [5.41, 5.74) is 1.44. The Morgan fingerprint density at radius 1 is 1.24 bits per heavy atom. The Morgan fingerprint density at radius 2 is 2.08 bits per heavy atom. The number of fused-ring (bicyclic) bond motifs is 1. The molecule has 1 aliphatic heterocycles. The third-order valence-electron chi connectivity index (χ3n) is 4.69. The van der Waals surface area contributed by atoms with Crippen LogP contribution in [0.15, 0.2) is 59.7 Å². The molecule has 0 radical (unpaired) electrons. The fourth-order valence-electron chi connectivity index (χ4n) is 3.26. The van der Waals surface area contributed by atoms with Crippen molar-refractivity contribution in [3.8, 4) is 5.75 Å². The van der Waals surface area contributed by atoms with Crippen molar-refractivity contribution in [3.05, 3.63) is 70.1 Å². The number of para-hydroxylation sites is 1. The molecule has 5 heteroatoms. The largest absolute Gasteiger partial charge is 0.464 e. The maximum absolute atomic E-state index is 12.8. The van der Waals surface area contributed by atoms with Crippen molar-refractivity contribution in [1.29, 1.82) is 0 Å². The number of rotatable bonds is 4. The van der Waals surface area contributed by atoms with Gasteiger partial charge in [-0.05, 0) is 48.4 Å². The Labute approximate surface area is 150 Å². The molecular weight excluding hydrogens is 334 g/mol. The molecule has 2 heterocycles. The maximum atomic E-state index is 12.8. The topological polar surface area (TPSA) is 58.6 Å². The minimum atomic E-state index is -0.248. The SMILES string of the molecule is O=C(NC(c1cccs1)C1CC(O)C1)C1=Cc2ccccc2OC=C1. The van der Waals surface area contributed by atoms with Crippen LogP contribution in [-0.4, -0.2) is 17.1 Å². The maximum Gasteiger partial charge on any atom is 0.251 e. The predicted molar refractivity (Wildman–Crippen MR) is 98.1 cm³/mol. The van der Waals surface area contributed by atoms with Gasteiger partial charge in [0.05, 0.1) is 18.4 Å². The molecule has 2 aliphatic rings. The van der Waals surface area contributed by atoms with Gasteiger partial charge < -0.3 is 15.2 Å². The number of aliphatic hydroxyl groups excluding tert-OH is 1. The summed E-state index contributed by atoms with van der Waals surface area (Å²) < 4.78 is 5.56. The van der Waals surface area contributed by atoms with Gasteiger partial charge in [0.15, 0.2) is 0 Å². The molecule has 128 valence electrons. The number of hydrogen-bond donors (Lipinski definition) is 2. The van der Waals surface area contributed by atoms with Gasteiger partial charge in [0.1, 0.15) is 5.75 Å². The first-order chi connectivity index (χ1) is 12.2. The molecule has 1 atom stereocenters. The summed E-state index contributed by atoms with van der Waals surface area (Å²) in [6.07, 6.45) is 6.28. The molecule has 0 spiro atoms. The van der Waals surface area contributed by atoms with Crippen molar-refractivity contribution in [2.45, 2.75) is 25.0 Å². The highest BCUT2D eigenvalue weighted by molar-refractivity contribution is 7.10. The molecule has 1 amide bonds. The number of hydrogen-bond acceptors (Lipinski definition) is 4. The summed E-state index contributed by atoms with van der Waals surface area (Å²) in [6.45, 7) is 0. The van der Waals surface area contributed by atoms with Crippen molar-refractivity contribution in [1.82, 2.24) is 5.32 Å². The third kappa shape index (κ3) is 3.38. The second-order valence-corrected chi connectivity index (χ2v) is 7.39. The van der Waals surface area contributed by atoms with Crippen LogP contribution < -0.4 is 10.1 Å². The molecule has 4 nitrogen and oxygen atoms in total. The molecule has 2 N–H and O–H groups in total. The third-order valence-corrected chi connectivity index (χ3v) is 5.65. The summed E-state index contributed by atoms with van der Waals surface area (Å²) in [5.74, 6) is 0.881. The molecule has 1 aliphatic carbocycles. The van der Waals surface area contributed by atoms with E-state index >= 15 is 0 Å². The monoisotopic (exact) mass is 353 g/mol. The Kier molecular flexibility index (Phi) is 4.42. The Hall–Kier alpha value is -2.37. The van der Waals surface area contributed by atoms with Crippen LogP contribution in [0.1, 0.15) is 29.3 Å². The van der Waals surface area contributed by atoms with Gasteiger partial charge in [0, 0.05) is 16.0 Å². The van der Waals surface area contributed by atoms with Crippen LogP contribution in [0.3, 0.4) is 0 Å². The number of aliphatic hydroxyl groups is 1. The van der Waals surface area contributed by atoms with Gasteiger partial charge >= 0.3 is 0 Å². The molecule has 1 aromatic carbocycles. The molecule has 1 aromatic heterocycles.